The molecule has 4 heteroatoms. The Morgan fingerprint density at radius 3 is 1.64 bits per heavy atom. The maximum absolute atomic E-state index is 10.1. The summed E-state index contributed by atoms with van der Waals surface area (Å²) in [4.78, 5) is 0. The normalized spacial score (nSPS) is 12.4. The van der Waals surface area contributed by atoms with E-state index in [0.717, 1.165) is 16.8 Å². The fraction of sp³-hybridized carbons (Fsp3) is 0.793. The van der Waals surface area contributed by atoms with Gasteiger partial charge in [0.1, 0.15) is 18.4 Å². The summed E-state index contributed by atoms with van der Waals surface area (Å²) in [7, 11) is 6.29. The summed E-state index contributed by atoms with van der Waals surface area (Å²) in [5.74, 6) is 0.909. The van der Waals surface area contributed by atoms with Crippen LogP contribution in [0.1, 0.15) is 109 Å². The molecule has 1 aromatic carbocycles. The number of quaternary nitrogens is 1. The second-order valence-corrected chi connectivity index (χ2v) is 10.8. The Labute approximate surface area is 216 Å². The highest BCUT2D eigenvalue weighted by Gasteiger charge is 2.15. The number of aliphatic hydroxyl groups is 1. The molecule has 33 heavy (non-hydrogen) atoms. The average molecular weight is 529 g/mol. The minimum Gasteiger partial charge on any atom is -1.00 e. The van der Waals surface area contributed by atoms with Crippen LogP contribution in [0.15, 0.2) is 24.3 Å². The summed E-state index contributed by atoms with van der Waals surface area (Å²) >= 11 is 0. The fourth-order valence-electron chi connectivity index (χ4n) is 4.31. The van der Waals surface area contributed by atoms with E-state index in [1.807, 2.05) is 0 Å². The topological polar surface area (TPSA) is 29.5 Å². The van der Waals surface area contributed by atoms with E-state index in [-0.39, 0.29) is 23.1 Å². The van der Waals surface area contributed by atoms with Crippen molar-refractivity contribution in [2.45, 2.75) is 116 Å². The van der Waals surface area contributed by atoms with Gasteiger partial charge in [-0.3, -0.25) is 0 Å². The molecule has 1 atom stereocenters. The fourth-order valence-corrected chi connectivity index (χ4v) is 4.31. The molecule has 1 aromatic rings. The lowest BCUT2D eigenvalue weighted by Crippen LogP contribution is -3.00. The smallest absolute Gasteiger partial charge is 0.119 e. The number of hydrogen-bond acceptors (Lipinski definition) is 2. The Morgan fingerprint density at radius 1 is 0.727 bits per heavy atom. The number of hydrogen-bond donors (Lipinski definition) is 1. The number of nitrogens with zero attached hydrogens (tertiary/aromatic N) is 1. The van der Waals surface area contributed by atoms with Gasteiger partial charge in [0.2, 0.25) is 0 Å². The number of aryl methyl sites for hydroxylation is 1. The van der Waals surface area contributed by atoms with Crippen LogP contribution >= 0.6 is 0 Å². The zero-order valence-corrected chi connectivity index (χ0v) is 23.9. The third-order valence-electron chi connectivity index (χ3n) is 6.22. The standard InChI is InChI=1S/C29H54NO2.BrH/c1-5-6-7-8-9-10-11-12-13-14-15-16-17-18-19-27-20-22-29(23-21-27)32-25-24-28(31)26-30(2,3)4;/h20-23,28,31H,5-19,24-26H2,1-4H3;1H/q+1;/p-1. The zero-order valence-electron chi connectivity index (χ0n) is 22.3. The molecule has 1 N–H and O–H groups in total. The van der Waals surface area contributed by atoms with Gasteiger partial charge in [-0.25, -0.2) is 0 Å². The zero-order chi connectivity index (χ0) is 23.5. The van der Waals surface area contributed by atoms with Crippen LogP contribution in [0.3, 0.4) is 0 Å². The molecule has 0 aliphatic heterocycles. The highest BCUT2D eigenvalue weighted by molar-refractivity contribution is 5.27. The van der Waals surface area contributed by atoms with Crippen LogP contribution in [0.2, 0.25) is 0 Å². The molecule has 0 radical (unpaired) electrons. The average Bonchev–Trinajstić information content (AvgIpc) is 2.74. The van der Waals surface area contributed by atoms with E-state index in [4.69, 9.17) is 4.74 Å². The molecule has 1 unspecified atom stereocenters. The summed E-state index contributed by atoms with van der Waals surface area (Å²) in [5.41, 5.74) is 1.40. The maximum Gasteiger partial charge on any atom is 0.119 e. The summed E-state index contributed by atoms with van der Waals surface area (Å²) in [5, 5.41) is 10.1. The number of benzene rings is 1. The molecule has 0 saturated heterocycles. The first kappa shape index (κ1) is 32.4. The molecular weight excluding hydrogens is 474 g/mol. The first-order valence-electron chi connectivity index (χ1n) is 13.6. The SMILES string of the molecule is CCCCCCCCCCCCCCCCc1ccc(OCCC(O)C[N+](C)(C)C)cc1.[Br-]. The number of aliphatic hydroxyl groups excluding tert-OH is 1. The number of unbranched alkanes of at least 4 members (excludes halogenated alkanes) is 13. The Hall–Kier alpha value is -0.580. The van der Waals surface area contributed by atoms with Crippen molar-refractivity contribution in [2.24, 2.45) is 0 Å². The van der Waals surface area contributed by atoms with Crippen molar-refractivity contribution < 1.29 is 31.3 Å². The first-order valence-corrected chi connectivity index (χ1v) is 13.6. The van der Waals surface area contributed by atoms with E-state index >= 15 is 0 Å². The molecule has 1 rings (SSSR count). The van der Waals surface area contributed by atoms with E-state index in [9.17, 15) is 5.11 Å². The van der Waals surface area contributed by atoms with E-state index in [1.54, 1.807) is 0 Å². The lowest BCUT2D eigenvalue weighted by atomic mass is 10.0. The second kappa shape index (κ2) is 20.8. The molecule has 0 amide bonds. The monoisotopic (exact) mass is 527 g/mol. The number of likely N-dealkylation sites (N-methyl/N-ethyl adjacent to an activating group) is 1. The van der Waals surface area contributed by atoms with Crippen molar-refractivity contribution in [3.05, 3.63) is 29.8 Å². The summed E-state index contributed by atoms with van der Waals surface area (Å²) in [6, 6.07) is 8.54. The molecule has 0 aromatic heterocycles. The Kier molecular flexibility index (Phi) is 20.4. The van der Waals surface area contributed by atoms with Crippen molar-refractivity contribution in [2.75, 3.05) is 34.3 Å². The Bertz CT molecular complexity index is 542. The van der Waals surface area contributed by atoms with Crippen LogP contribution in [0.25, 0.3) is 0 Å². The number of ether oxygens (including phenoxy) is 1. The molecule has 0 bridgehead atoms. The van der Waals surface area contributed by atoms with Crippen molar-refractivity contribution in [1.82, 2.24) is 0 Å². The molecule has 0 aliphatic rings. The van der Waals surface area contributed by atoms with Gasteiger partial charge in [0.15, 0.2) is 0 Å². The number of rotatable bonds is 21. The van der Waals surface area contributed by atoms with Gasteiger partial charge in [-0.2, -0.15) is 0 Å². The Morgan fingerprint density at radius 2 is 1.18 bits per heavy atom. The van der Waals surface area contributed by atoms with Crippen LogP contribution in [-0.4, -0.2) is 50.0 Å². The van der Waals surface area contributed by atoms with Crippen LogP contribution < -0.4 is 21.7 Å². The van der Waals surface area contributed by atoms with Gasteiger partial charge in [-0.05, 0) is 30.5 Å². The lowest BCUT2D eigenvalue weighted by Gasteiger charge is -2.26. The van der Waals surface area contributed by atoms with Gasteiger partial charge in [0, 0.05) is 6.42 Å². The highest BCUT2D eigenvalue weighted by atomic mass is 79.9. The van der Waals surface area contributed by atoms with Gasteiger partial charge >= 0.3 is 0 Å². The van der Waals surface area contributed by atoms with Gasteiger partial charge in [0.05, 0.1) is 27.7 Å². The summed E-state index contributed by atoms with van der Waals surface area (Å²) in [6.07, 6.45) is 21.3. The molecule has 0 spiro atoms. The highest BCUT2D eigenvalue weighted by Crippen LogP contribution is 2.16. The second-order valence-electron chi connectivity index (χ2n) is 10.8. The van der Waals surface area contributed by atoms with Crippen LogP contribution in [0.4, 0.5) is 0 Å². The molecule has 0 heterocycles. The number of halogens is 1. The van der Waals surface area contributed by atoms with E-state index in [1.165, 1.54) is 102 Å². The largest absolute Gasteiger partial charge is 1.00 e. The minimum atomic E-state index is -0.311. The maximum atomic E-state index is 10.1. The van der Waals surface area contributed by atoms with E-state index < -0.39 is 0 Å². The summed E-state index contributed by atoms with van der Waals surface area (Å²) < 4.78 is 6.58. The van der Waals surface area contributed by atoms with Gasteiger partial charge in [0.25, 0.3) is 0 Å². The molecular formula is C29H54BrNO2. The quantitative estimate of drug-likeness (QED) is 0.187. The van der Waals surface area contributed by atoms with E-state index in [0.29, 0.717) is 13.0 Å². The van der Waals surface area contributed by atoms with E-state index in [2.05, 4.69) is 52.3 Å². The molecule has 0 saturated carbocycles. The Balaban J connectivity index is 0.0000102. The lowest BCUT2D eigenvalue weighted by molar-refractivity contribution is -0.873. The van der Waals surface area contributed by atoms with Crippen LogP contribution in [0.5, 0.6) is 5.75 Å². The third kappa shape index (κ3) is 20.5. The van der Waals surface area contributed by atoms with Crippen LogP contribution in [0, 0.1) is 0 Å². The van der Waals surface area contributed by atoms with Crippen molar-refractivity contribution in [3.8, 4) is 5.75 Å². The van der Waals surface area contributed by atoms with Gasteiger partial charge in [-0.1, -0.05) is 103 Å². The van der Waals surface area contributed by atoms with Gasteiger partial charge in [-0.15, -0.1) is 0 Å². The molecule has 0 fully saturated rings. The summed E-state index contributed by atoms with van der Waals surface area (Å²) in [6.45, 7) is 3.61. The molecule has 194 valence electrons. The minimum absolute atomic E-state index is 0. The predicted octanol–water partition coefficient (Wildman–Crippen LogP) is 4.55. The van der Waals surface area contributed by atoms with Crippen LogP contribution in [-0.2, 0) is 6.42 Å². The molecule has 3 nitrogen and oxygen atoms in total. The van der Waals surface area contributed by atoms with Crippen molar-refractivity contribution in [1.29, 1.82) is 0 Å². The van der Waals surface area contributed by atoms with Crippen molar-refractivity contribution in [3.63, 3.8) is 0 Å². The first-order chi connectivity index (χ1) is 15.4. The predicted molar refractivity (Wildman–Crippen MR) is 139 cm³/mol. The molecule has 0 aliphatic carbocycles. The van der Waals surface area contributed by atoms with Crippen molar-refractivity contribution >= 4 is 0 Å². The van der Waals surface area contributed by atoms with Gasteiger partial charge < -0.3 is 31.3 Å². The third-order valence-corrected chi connectivity index (χ3v) is 6.22.